The van der Waals surface area contributed by atoms with Gasteiger partial charge in [0.05, 0.1) is 18.1 Å². The Hall–Kier alpha value is -2.89. The van der Waals surface area contributed by atoms with Crippen molar-refractivity contribution in [3.05, 3.63) is 59.7 Å². The van der Waals surface area contributed by atoms with Crippen molar-refractivity contribution in [2.45, 2.75) is 33.2 Å². The molecule has 6 heteroatoms. The third-order valence-electron chi connectivity index (χ3n) is 4.86. The van der Waals surface area contributed by atoms with Gasteiger partial charge < -0.3 is 10.2 Å². The van der Waals surface area contributed by atoms with Crippen LogP contribution in [0.2, 0.25) is 0 Å². The van der Waals surface area contributed by atoms with Gasteiger partial charge in [0.2, 0.25) is 0 Å². The Morgan fingerprint density at radius 1 is 1.19 bits per heavy atom. The molecule has 26 heavy (non-hydrogen) atoms. The highest BCUT2D eigenvalue weighted by atomic mass is 15.3. The fourth-order valence-electron chi connectivity index (χ4n) is 3.68. The molecule has 0 bridgehead atoms. The minimum Gasteiger partial charge on any atom is -0.367 e. The number of nitrogens with one attached hydrogen (secondary N) is 1. The van der Waals surface area contributed by atoms with E-state index in [1.54, 1.807) is 12.4 Å². The molecule has 0 aliphatic carbocycles. The maximum absolute atomic E-state index is 4.65. The molecule has 1 unspecified atom stereocenters. The van der Waals surface area contributed by atoms with E-state index in [9.17, 15) is 0 Å². The van der Waals surface area contributed by atoms with Crippen molar-refractivity contribution >= 4 is 11.5 Å². The third kappa shape index (κ3) is 3.14. The molecule has 1 aliphatic rings. The molecule has 0 amide bonds. The molecule has 0 saturated carbocycles. The fourth-order valence-corrected chi connectivity index (χ4v) is 3.68. The van der Waals surface area contributed by atoms with Crippen LogP contribution in [0, 0.1) is 13.8 Å². The summed E-state index contributed by atoms with van der Waals surface area (Å²) < 4.78 is 1.83. The van der Waals surface area contributed by atoms with Gasteiger partial charge in [0.15, 0.2) is 5.82 Å². The lowest BCUT2D eigenvalue weighted by Gasteiger charge is -2.25. The van der Waals surface area contributed by atoms with Gasteiger partial charge in [-0.05, 0) is 44.9 Å². The predicted octanol–water partition coefficient (Wildman–Crippen LogP) is 3.14. The van der Waals surface area contributed by atoms with Crippen LogP contribution in [-0.4, -0.2) is 38.9 Å². The van der Waals surface area contributed by atoms with Gasteiger partial charge in [-0.25, -0.2) is 9.67 Å². The van der Waals surface area contributed by atoms with Gasteiger partial charge in [-0.1, -0.05) is 18.2 Å². The van der Waals surface area contributed by atoms with E-state index in [1.165, 1.54) is 11.3 Å². The number of anilines is 2. The molecule has 6 nitrogen and oxygen atoms in total. The quantitative estimate of drug-likeness (QED) is 0.768. The van der Waals surface area contributed by atoms with Gasteiger partial charge in [0, 0.05) is 30.5 Å². The molecular formula is C20H24N6. The van der Waals surface area contributed by atoms with Crippen LogP contribution in [0.15, 0.2) is 42.7 Å². The van der Waals surface area contributed by atoms with Gasteiger partial charge in [-0.15, -0.1) is 0 Å². The fraction of sp³-hybridized carbons (Fsp3) is 0.350. The zero-order chi connectivity index (χ0) is 18.1. The van der Waals surface area contributed by atoms with E-state index >= 15 is 0 Å². The molecular weight excluding hydrogens is 324 g/mol. The second kappa shape index (κ2) is 6.78. The van der Waals surface area contributed by atoms with Crippen molar-refractivity contribution in [2.24, 2.45) is 0 Å². The zero-order valence-electron chi connectivity index (χ0n) is 15.5. The highest BCUT2D eigenvalue weighted by Gasteiger charge is 2.24. The Labute approximate surface area is 153 Å². The van der Waals surface area contributed by atoms with Crippen LogP contribution in [0.5, 0.6) is 0 Å². The molecule has 1 atom stereocenters. The van der Waals surface area contributed by atoms with Crippen LogP contribution in [-0.2, 0) is 6.42 Å². The molecule has 1 aromatic carbocycles. The summed E-state index contributed by atoms with van der Waals surface area (Å²) in [5.74, 6) is 1.51. The van der Waals surface area contributed by atoms with Gasteiger partial charge in [-0.2, -0.15) is 5.10 Å². The predicted molar refractivity (Wildman–Crippen MR) is 104 cm³/mol. The topological polar surface area (TPSA) is 58.9 Å². The maximum atomic E-state index is 4.65. The summed E-state index contributed by atoms with van der Waals surface area (Å²) in [6.07, 6.45) is 4.61. The average Bonchev–Trinajstić information content (AvgIpc) is 3.14. The van der Waals surface area contributed by atoms with E-state index < -0.39 is 0 Å². The molecule has 3 heterocycles. The number of rotatable bonds is 5. The molecule has 134 valence electrons. The van der Waals surface area contributed by atoms with Crippen molar-refractivity contribution < 1.29 is 0 Å². The lowest BCUT2D eigenvalue weighted by molar-refractivity contribution is 0.680. The van der Waals surface area contributed by atoms with Crippen LogP contribution < -0.4 is 10.2 Å². The van der Waals surface area contributed by atoms with Gasteiger partial charge in [0.25, 0.3) is 0 Å². The molecule has 3 aromatic rings. The number of aromatic nitrogens is 4. The van der Waals surface area contributed by atoms with Crippen molar-refractivity contribution in [3.63, 3.8) is 0 Å². The summed E-state index contributed by atoms with van der Waals surface area (Å²) in [7, 11) is 0. The monoisotopic (exact) mass is 348 g/mol. The van der Waals surface area contributed by atoms with E-state index in [-0.39, 0.29) is 0 Å². The number of benzene rings is 1. The highest BCUT2D eigenvalue weighted by molar-refractivity contribution is 5.59. The minimum absolute atomic E-state index is 0.529. The Kier molecular flexibility index (Phi) is 4.32. The lowest BCUT2D eigenvalue weighted by Crippen LogP contribution is -2.33. The first-order chi connectivity index (χ1) is 12.6. The highest BCUT2D eigenvalue weighted by Crippen LogP contribution is 2.31. The molecule has 2 aromatic heterocycles. The summed E-state index contributed by atoms with van der Waals surface area (Å²) in [5.41, 5.74) is 4.82. The van der Waals surface area contributed by atoms with Crippen molar-refractivity contribution in [1.29, 1.82) is 0 Å². The Morgan fingerprint density at radius 3 is 2.85 bits per heavy atom. The molecule has 0 spiro atoms. The third-order valence-corrected chi connectivity index (χ3v) is 4.86. The number of hydrogen-bond acceptors (Lipinski definition) is 5. The first-order valence-electron chi connectivity index (χ1n) is 9.06. The molecule has 1 aliphatic heterocycles. The van der Waals surface area contributed by atoms with Crippen LogP contribution in [0.3, 0.4) is 0 Å². The standard InChI is InChI=1S/C20H24N6/c1-14-10-16(3)26(24-14)20-13-21-12-19(23-20)22-8-9-25-15(2)11-17-6-4-5-7-18(17)25/h4-7,10,12-13,15H,8-9,11H2,1-3H3,(H,22,23). The summed E-state index contributed by atoms with van der Waals surface area (Å²) in [4.78, 5) is 11.4. The van der Waals surface area contributed by atoms with Crippen LogP contribution in [0.4, 0.5) is 11.5 Å². The van der Waals surface area contributed by atoms with Gasteiger partial charge >= 0.3 is 0 Å². The Morgan fingerprint density at radius 2 is 2.04 bits per heavy atom. The molecule has 0 saturated heterocycles. The number of nitrogens with zero attached hydrogens (tertiary/aromatic N) is 5. The van der Waals surface area contributed by atoms with Crippen LogP contribution in [0.1, 0.15) is 23.9 Å². The Bertz CT molecular complexity index is 916. The normalized spacial score (nSPS) is 16.0. The number of fused-ring (bicyclic) bond motifs is 1. The van der Waals surface area contributed by atoms with Crippen LogP contribution >= 0.6 is 0 Å². The smallest absolute Gasteiger partial charge is 0.174 e. The second-order valence-electron chi connectivity index (χ2n) is 6.90. The van der Waals surface area contributed by atoms with Crippen molar-refractivity contribution in [2.75, 3.05) is 23.3 Å². The summed E-state index contributed by atoms with van der Waals surface area (Å²) >= 11 is 0. The molecule has 0 fully saturated rings. The first-order valence-corrected chi connectivity index (χ1v) is 9.06. The lowest BCUT2D eigenvalue weighted by atomic mass is 10.1. The summed E-state index contributed by atoms with van der Waals surface area (Å²) in [6, 6.07) is 11.2. The van der Waals surface area contributed by atoms with Crippen molar-refractivity contribution in [3.8, 4) is 5.82 Å². The number of hydrogen-bond donors (Lipinski definition) is 1. The zero-order valence-corrected chi connectivity index (χ0v) is 15.5. The van der Waals surface area contributed by atoms with E-state index in [1.807, 2.05) is 24.6 Å². The van der Waals surface area contributed by atoms with Gasteiger partial charge in [0.1, 0.15) is 5.82 Å². The number of aryl methyl sites for hydroxylation is 2. The van der Waals surface area contributed by atoms with E-state index in [2.05, 4.69) is 56.5 Å². The average molecular weight is 348 g/mol. The molecule has 4 rings (SSSR count). The maximum Gasteiger partial charge on any atom is 0.174 e. The summed E-state index contributed by atoms with van der Waals surface area (Å²) in [6.45, 7) is 8.03. The minimum atomic E-state index is 0.529. The summed E-state index contributed by atoms with van der Waals surface area (Å²) in [5, 5.41) is 7.88. The molecule has 1 N–H and O–H groups in total. The van der Waals surface area contributed by atoms with E-state index in [4.69, 9.17) is 0 Å². The molecule has 0 radical (unpaired) electrons. The van der Waals surface area contributed by atoms with Crippen molar-refractivity contribution in [1.82, 2.24) is 19.7 Å². The van der Waals surface area contributed by atoms with Gasteiger partial charge in [-0.3, -0.25) is 4.98 Å². The largest absolute Gasteiger partial charge is 0.367 e. The SMILES string of the molecule is Cc1cc(C)n(-c2cncc(NCCN3c4ccccc4CC3C)n2)n1. The van der Waals surface area contributed by atoms with E-state index in [0.29, 0.717) is 6.04 Å². The second-order valence-corrected chi connectivity index (χ2v) is 6.90. The Balaban J connectivity index is 1.43. The van der Waals surface area contributed by atoms with Crippen LogP contribution in [0.25, 0.3) is 5.82 Å². The first kappa shape index (κ1) is 16.6. The van der Waals surface area contributed by atoms with E-state index in [0.717, 1.165) is 42.5 Å². The number of para-hydroxylation sites is 1.